The fourth-order valence-corrected chi connectivity index (χ4v) is 5.75. The maximum Gasteiger partial charge on any atom is 0.459 e. The van der Waals surface area contributed by atoms with Gasteiger partial charge < -0.3 is 29.6 Å². The third-order valence-corrected chi connectivity index (χ3v) is 8.03. The monoisotopic (exact) mass is 624 g/mol. The SMILES string of the molecule is CCOc1nc(N)nc2c1ncn2[C@@H]1O[C@H](COP(=O)(NC(C)C(=O)OCC(C)(C)C)Oc2ccccc2)[C@@H](O)[C@@]1(C)F. The van der Waals surface area contributed by atoms with E-state index in [1.54, 1.807) is 37.3 Å². The lowest BCUT2D eigenvalue weighted by atomic mass is 9.98. The molecule has 2 unspecified atom stereocenters. The number of alkyl halides is 1. The van der Waals surface area contributed by atoms with Gasteiger partial charge in [-0.1, -0.05) is 39.0 Å². The smallest absolute Gasteiger partial charge is 0.459 e. The molecule has 4 N–H and O–H groups in total. The topological polar surface area (TPSA) is 182 Å². The quantitative estimate of drug-likeness (QED) is 0.197. The number of nitrogens with two attached hydrogens (primary N) is 1. The van der Waals surface area contributed by atoms with Gasteiger partial charge in [0.15, 0.2) is 23.1 Å². The number of anilines is 1. The Balaban J connectivity index is 1.54. The molecule has 0 aliphatic carbocycles. The molecule has 1 aliphatic heterocycles. The Bertz CT molecular complexity index is 1470. The van der Waals surface area contributed by atoms with Gasteiger partial charge in [-0.05, 0) is 38.3 Å². The van der Waals surface area contributed by atoms with Crippen molar-refractivity contribution in [2.24, 2.45) is 5.41 Å². The van der Waals surface area contributed by atoms with Crippen LogP contribution in [0, 0.1) is 5.41 Å². The minimum Gasteiger partial charge on any atom is -0.476 e. The summed E-state index contributed by atoms with van der Waals surface area (Å²) in [6.45, 7) is 9.88. The lowest BCUT2D eigenvalue weighted by Crippen LogP contribution is -2.41. The molecule has 14 nitrogen and oxygen atoms in total. The number of ether oxygens (including phenoxy) is 3. The zero-order valence-corrected chi connectivity index (χ0v) is 25.8. The number of esters is 1. The third-order valence-electron chi connectivity index (χ3n) is 6.39. The van der Waals surface area contributed by atoms with E-state index in [0.29, 0.717) is 0 Å². The van der Waals surface area contributed by atoms with Crippen molar-refractivity contribution >= 4 is 30.8 Å². The molecule has 43 heavy (non-hydrogen) atoms. The first-order valence-electron chi connectivity index (χ1n) is 13.7. The molecule has 0 amide bonds. The number of aliphatic hydroxyl groups is 1. The van der Waals surface area contributed by atoms with Gasteiger partial charge in [0.05, 0.1) is 26.1 Å². The van der Waals surface area contributed by atoms with E-state index in [1.807, 2.05) is 20.8 Å². The highest BCUT2D eigenvalue weighted by Crippen LogP contribution is 2.48. The predicted octanol–water partition coefficient (Wildman–Crippen LogP) is 3.56. The number of benzene rings is 1. The second-order valence-corrected chi connectivity index (χ2v) is 13.2. The fourth-order valence-electron chi connectivity index (χ4n) is 4.25. The molecular weight excluding hydrogens is 586 g/mol. The van der Waals surface area contributed by atoms with Gasteiger partial charge in [0.2, 0.25) is 11.8 Å². The van der Waals surface area contributed by atoms with Crippen LogP contribution in [0.3, 0.4) is 0 Å². The van der Waals surface area contributed by atoms with Crippen molar-refractivity contribution in [2.45, 2.75) is 71.7 Å². The lowest BCUT2D eigenvalue weighted by molar-refractivity contribution is -0.148. The molecule has 1 fully saturated rings. The van der Waals surface area contributed by atoms with Crippen LogP contribution < -0.4 is 20.1 Å². The summed E-state index contributed by atoms with van der Waals surface area (Å²) in [7, 11) is -4.31. The largest absolute Gasteiger partial charge is 0.476 e. The molecular formula is C27H38FN6O8P. The summed E-state index contributed by atoms with van der Waals surface area (Å²) < 4.78 is 59.2. The first kappa shape index (κ1) is 32.6. The third kappa shape index (κ3) is 7.60. The van der Waals surface area contributed by atoms with E-state index < -0.39 is 50.5 Å². The van der Waals surface area contributed by atoms with Crippen LogP contribution in [0.25, 0.3) is 11.2 Å². The van der Waals surface area contributed by atoms with Crippen LogP contribution in [0.15, 0.2) is 36.7 Å². The molecule has 2 aromatic heterocycles. The minimum absolute atomic E-state index is 0.114. The number of halogens is 1. The maximum atomic E-state index is 16.1. The number of rotatable bonds is 12. The maximum absolute atomic E-state index is 16.1. The summed E-state index contributed by atoms with van der Waals surface area (Å²) in [5.74, 6) is -0.509. The molecule has 236 valence electrons. The number of nitrogen functional groups attached to an aromatic ring is 1. The van der Waals surface area contributed by atoms with Crippen LogP contribution >= 0.6 is 7.75 Å². The van der Waals surface area contributed by atoms with Gasteiger partial charge in [-0.15, -0.1) is 0 Å². The Kier molecular flexibility index (Phi) is 9.62. The highest BCUT2D eigenvalue weighted by Gasteiger charge is 2.56. The van der Waals surface area contributed by atoms with Gasteiger partial charge in [0.1, 0.15) is 24.0 Å². The van der Waals surface area contributed by atoms with Crippen molar-refractivity contribution in [1.29, 1.82) is 0 Å². The Labute approximate surface area is 248 Å². The Morgan fingerprint density at radius 3 is 2.65 bits per heavy atom. The highest BCUT2D eigenvalue weighted by molar-refractivity contribution is 7.52. The Hall–Kier alpha value is -3.36. The molecule has 1 aromatic carbocycles. The van der Waals surface area contributed by atoms with E-state index in [-0.39, 0.29) is 47.4 Å². The van der Waals surface area contributed by atoms with Crippen LogP contribution in [-0.4, -0.2) is 74.3 Å². The number of hydrogen-bond acceptors (Lipinski definition) is 12. The number of carbonyl (C=O) groups is 1. The summed E-state index contributed by atoms with van der Waals surface area (Å²) in [6.07, 6.45) is -3.21. The Morgan fingerprint density at radius 2 is 2.00 bits per heavy atom. The first-order valence-corrected chi connectivity index (χ1v) is 15.3. The van der Waals surface area contributed by atoms with Crippen molar-refractivity contribution in [3.63, 3.8) is 0 Å². The fraction of sp³-hybridized carbons (Fsp3) is 0.556. The number of nitrogens with zero attached hydrogens (tertiary/aromatic N) is 4. The number of fused-ring (bicyclic) bond motifs is 1. The average molecular weight is 625 g/mol. The summed E-state index contributed by atoms with van der Waals surface area (Å²) in [6, 6.07) is 7.04. The summed E-state index contributed by atoms with van der Waals surface area (Å²) >= 11 is 0. The van der Waals surface area contributed by atoms with Crippen LogP contribution in [0.4, 0.5) is 10.3 Å². The van der Waals surface area contributed by atoms with Gasteiger partial charge in [-0.25, -0.2) is 13.9 Å². The van der Waals surface area contributed by atoms with Crippen molar-refractivity contribution in [3.8, 4) is 11.6 Å². The highest BCUT2D eigenvalue weighted by atomic mass is 31.2. The molecule has 0 bridgehead atoms. The van der Waals surface area contributed by atoms with Crippen LogP contribution in [0.1, 0.15) is 47.8 Å². The molecule has 1 aliphatic rings. The number of carbonyl (C=O) groups excluding carboxylic acids is 1. The van der Waals surface area contributed by atoms with Gasteiger partial charge in [0, 0.05) is 0 Å². The van der Waals surface area contributed by atoms with Crippen molar-refractivity contribution in [1.82, 2.24) is 24.6 Å². The summed E-state index contributed by atoms with van der Waals surface area (Å²) in [5, 5.41) is 13.5. The number of hydrogen-bond donors (Lipinski definition) is 3. The van der Waals surface area contributed by atoms with Crippen LogP contribution in [-0.2, 0) is 23.4 Å². The second kappa shape index (κ2) is 12.7. The molecule has 3 heterocycles. The zero-order valence-electron chi connectivity index (χ0n) is 24.9. The number of aliphatic hydroxyl groups excluding tert-OH is 1. The van der Waals surface area contributed by atoms with Crippen molar-refractivity contribution in [3.05, 3.63) is 36.7 Å². The molecule has 0 saturated carbocycles. The molecule has 6 atom stereocenters. The summed E-state index contributed by atoms with van der Waals surface area (Å²) in [5.41, 5.74) is 3.51. The van der Waals surface area contributed by atoms with E-state index in [9.17, 15) is 14.5 Å². The number of nitrogens with one attached hydrogen (secondary N) is 1. The zero-order chi connectivity index (χ0) is 31.6. The van der Waals surface area contributed by atoms with Gasteiger partial charge in [0.25, 0.3) is 0 Å². The Morgan fingerprint density at radius 1 is 1.30 bits per heavy atom. The van der Waals surface area contributed by atoms with Crippen LogP contribution in [0.2, 0.25) is 0 Å². The van der Waals surface area contributed by atoms with E-state index >= 15 is 4.39 Å². The first-order chi connectivity index (χ1) is 20.1. The second-order valence-electron chi connectivity index (χ2n) is 11.5. The molecule has 4 rings (SSSR count). The molecule has 16 heteroatoms. The van der Waals surface area contributed by atoms with E-state index in [4.69, 9.17) is 29.0 Å². The molecule has 0 spiro atoms. The normalized spacial score (nSPS) is 24.4. The van der Waals surface area contributed by atoms with Crippen LogP contribution in [0.5, 0.6) is 11.6 Å². The molecule has 0 radical (unpaired) electrons. The molecule has 3 aromatic rings. The number of para-hydroxylation sites is 1. The number of aromatic nitrogens is 4. The minimum atomic E-state index is -4.31. The van der Waals surface area contributed by atoms with Gasteiger partial charge in [-0.2, -0.15) is 15.1 Å². The van der Waals surface area contributed by atoms with Gasteiger partial charge in [-0.3, -0.25) is 13.9 Å². The van der Waals surface area contributed by atoms with E-state index in [2.05, 4.69) is 20.0 Å². The average Bonchev–Trinajstić information content (AvgIpc) is 3.44. The van der Waals surface area contributed by atoms with Crippen molar-refractivity contribution < 1.29 is 42.1 Å². The van der Waals surface area contributed by atoms with Crippen molar-refractivity contribution in [2.75, 3.05) is 25.6 Å². The van der Waals surface area contributed by atoms with E-state index in [1.165, 1.54) is 17.8 Å². The summed E-state index contributed by atoms with van der Waals surface area (Å²) in [4.78, 5) is 25.0. The predicted molar refractivity (Wildman–Crippen MR) is 154 cm³/mol. The molecule has 1 saturated heterocycles. The standard InChI is InChI=1S/C27H38FN6O8P/c1-7-38-22-19-21(31-25(29)32-22)34(15-30-19)24-27(6,28)20(35)18(41-24)13-40-43(37,42-17-11-9-8-10-12-17)33-16(2)23(36)39-14-26(3,4)5/h8-12,15-16,18,20,24,35H,7,13-14H2,1-6H3,(H,33,37)(H2,29,31,32)/t16?,18-,20-,24-,27-,43?/m1/s1. The lowest BCUT2D eigenvalue weighted by Gasteiger charge is -2.26. The van der Waals surface area contributed by atoms with E-state index in [0.717, 1.165) is 6.92 Å². The number of imidazole rings is 1. The van der Waals surface area contributed by atoms with Gasteiger partial charge >= 0.3 is 13.7 Å².